The fourth-order valence-electron chi connectivity index (χ4n) is 3.91. The zero-order valence-corrected chi connectivity index (χ0v) is 19.3. The fraction of sp³-hybridized carbons (Fsp3) is 0.346. The first-order valence-corrected chi connectivity index (χ1v) is 11.4. The van der Waals surface area contributed by atoms with Crippen LogP contribution in [0, 0.1) is 0 Å². The molecule has 0 saturated carbocycles. The maximum Gasteiger partial charge on any atom is 0.335 e. The van der Waals surface area contributed by atoms with Crippen molar-refractivity contribution in [3.63, 3.8) is 0 Å². The Balaban J connectivity index is 1.49. The van der Waals surface area contributed by atoms with E-state index in [1.807, 2.05) is 24.0 Å². The van der Waals surface area contributed by atoms with Crippen molar-refractivity contribution in [1.82, 2.24) is 10.2 Å². The number of nitrogens with zero attached hydrogens (tertiary/aromatic N) is 1. The molecule has 0 aliphatic carbocycles. The molecule has 8 heteroatoms. The molecule has 1 unspecified atom stereocenters. The monoisotopic (exact) mass is 465 g/mol. The number of carbonyl (C=O) groups excluding carboxylic acids is 2. The summed E-state index contributed by atoms with van der Waals surface area (Å²) in [4.78, 5) is 37.8. The van der Waals surface area contributed by atoms with Gasteiger partial charge in [0.15, 0.2) is 0 Å². The van der Waals surface area contributed by atoms with Crippen molar-refractivity contribution in [3.8, 4) is 5.75 Å². The van der Waals surface area contributed by atoms with E-state index in [9.17, 15) is 14.4 Å². The number of benzene rings is 2. The van der Waals surface area contributed by atoms with Gasteiger partial charge < -0.3 is 25.4 Å². The van der Waals surface area contributed by atoms with Gasteiger partial charge in [0.05, 0.1) is 18.0 Å². The quantitative estimate of drug-likeness (QED) is 0.458. The predicted octanol–water partition coefficient (Wildman–Crippen LogP) is 4.08. The molecule has 180 valence electrons. The number of ether oxygens (including phenoxy) is 1. The summed E-state index contributed by atoms with van der Waals surface area (Å²) in [6.07, 6.45) is 4.49. The largest absolute Gasteiger partial charge is 0.491 e. The van der Waals surface area contributed by atoms with E-state index >= 15 is 0 Å². The van der Waals surface area contributed by atoms with E-state index in [1.54, 1.807) is 30.3 Å². The highest BCUT2D eigenvalue weighted by atomic mass is 16.5. The lowest BCUT2D eigenvalue weighted by molar-refractivity contribution is -0.131. The minimum Gasteiger partial charge on any atom is -0.491 e. The van der Waals surface area contributed by atoms with E-state index in [1.165, 1.54) is 12.1 Å². The number of carboxylic acid groups (broad SMARTS) is 1. The Morgan fingerprint density at radius 3 is 2.53 bits per heavy atom. The van der Waals surface area contributed by atoms with Crippen LogP contribution in [-0.4, -0.2) is 53.1 Å². The van der Waals surface area contributed by atoms with Crippen molar-refractivity contribution < 1.29 is 24.2 Å². The lowest BCUT2D eigenvalue weighted by Crippen LogP contribution is -2.39. The standard InChI is InChI=1S/C26H31N3O5/c1-3-5-18(2)27-26(33)28-21-11-7-19(8-12-21)16-24(30)29-15-4-6-22(29)17-34-23-13-9-20(10-14-23)25(31)32/h3,7-14,18,22H,1,4-6,15-17H2,2H3,(H,31,32)(H2,27,28,33)/t18?,22-/m0/s1. The molecule has 3 rings (SSSR count). The molecule has 1 heterocycles. The predicted molar refractivity (Wildman–Crippen MR) is 130 cm³/mol. The zero-order chi connectivity index (χ0) is 24.5. The van der Waals surface area contributed by atoms with Crippen LogP contribution in [0.5, 0.6) is 5.75 Å². The van der Waals surface area contributed by atoms with Gasteiger partial charge in [-0.3, -0.25) is 4.79 Å². The summed E-state index contributed by atoms with van der Waals surface area (Å²) in [6.45, 7) is 6.62. The summed E-state index contributed by atoms with van der Waals surface area (Å²) in [5, 5.41) is 14.6. The molecule has 1 saturated heterocycles. The second-order valence-electron chi connectivity index (χ2n) is 8.42. The Morgan fingerprint density at radius 2 is 1.88 bits per heavy atom. The first-order valence-electron chi connectivity index (χ1n) is 11.4. The fourth-order valence-corrected chi connectivity index (χ4v) is 3.91. The lowest BCUT2D eigenvalue weighted by atomic mass is 10.1. The second kappa shape index (κ2) is 11.9. The molecule has 8 nitrogen and oxygen atoms in total. The minimum atomic E-state index is -0.982. The van der Waals surface area contributed by atoms with Crippen molar-refractivity contribution in [2.24, 2.45) is 0 Å². The number of carboxylic acids is 1. The number of nitrogens with one attached hydrogen (secondary N) is 2. The second-order valence-corrected chi connectivity index (χ2v) is 8.42. The van der Waals surface area contributed by atoms with Gasteiger partial charge in [-0.1, -0.05) is 18.2 Å². The Kier molecular flexibility index (Phi) is 8.67. The molecule has 3 N–H and O–H groups in total. The van der Waals surface area contributed by atoms with Crippen molar-refractivity contribution in [3.05, 3.63) is 72.3 Å². The van der Waals surface area contributed by atoms with E-state index < -0.39 is 5.97 Å². The summed E-state index contributed by atoms with van der Waals surface area (Å²) in [7, 11) is 0. The van der Waals surface area contributed by atoms with Crippen molar-refractivity contribution >= 4 is 23.6 Å². The van der Waals surface area contributed by atoms with Crippen LogP contribution < -0.4 is 15.4 Å². The first kappa shape index (κ1) is 24.8. The van der Waals surface area contributed by atoms with Gasteiger partial charge >= 0.3 is 12.0 Å². The molecule has 2 atom stereocenters. The van der Waals surface area contributed by atoms with Gasteiger partial charge in [0, 0.05) is 18.3 Å². The Bertz CT molecular complexity index is 1000. The lowest BCUT2D eigenvalue weighted by Gasteiger charge is -2.25. The summed E-state index contributed by atoms with van der Waals surface area (Å²) in [5.74, 6) is -0.372. The number of rotatable bonds is 10. The summed E-state index contributed by atoms with van der Waals surface area (Å²) >= 11 is 0. The maximum absolute atomic E-state index is 12.9. The van der Waals surface area contributed by atoms with Gasteiger partial charge in [0.2, 0.25) is 5.91 Å². The van der Waals surface area contributed by atoms with Gasteiger partial charge in [-0.25, -0.2) is 9.59 Å². The highest BCUT2D eigenvalue weighted by Crippen LogP contribution is 2.21. The summed E-state index contributed by atoms with van der Waals surface area (Å²) in [5.41, 5.74) is 1.72. The number of urea groups is 1. The topological polar surface area (TPSA) is 108 Å². The number of amides is 3. The van der Waals surface area contributed by atoms with Crippen molar-refractivity contribution in [2.75, 3.05) is 18.5 Å². The van der Waals surface area contributed by atoms with Crippen LogP contribution in [0.25, 0.3) is 0 Å². The Labute approximate surface area is 199 Å². The summed E-state index contributed by atoms with van der Waals surface area (Å²) < 4.78 is 5.81. The number of hydrogen-bond donors (Lipinski definition) is 3. The molecular formula is C26H31N3O5. The first-order chi connectivity index (χ1) is 16.4. The number of carbonyl (C=O) groups is 3. The van der Waals surface area contributed by atoms with Crippen LogP contribution in [-0.2, 0) is 11.2 Å². The number of likely N-dealkylation sites (tertiary alicyclic amines) is 1. The normalized spacial score (nSPS) is 15.9. The average molecular weight is 466 g/mol. The van der Waals surface area contributed by atoms with Crippen LogP contribution in [0.4, 0.5) is 10.5 Å². The van der Waals surface area contributed by atoms with Crippen LogP contribution in [0.2, 0.25) is 0 Å². The van der Waals surface area contributed by atoms with Crippen LogP contribution in [0.3, 0.4) is 0 Å². The van der Waals surface area contributed by atoms with Gasteiger partial charge in [-0.15, -0.1) is 6.58 Å². The molecule has 0 aromatic heterocycles. The Hall–Kier alpha value is -3.81. The molecule has 0 radical (unpaired) electrons. The third-order valence-corrected chi connectivity index (χ3v) is 5.71. The zero-order valence-electron chi connectivity index (χ0n) is 19.3. The van der Waals surface area contributed by atoms with Crippen molar-refractivity contribution in [2.45, 2.75) is 44.7 Å². The third kappa shape index (κ3) is 7.10. The van der Waals surface area contributed by atoms with Gasteiger partial charge in [0.25, 0.3) is 0 Å². The molecule has 1 fully saturated rings. The van der Waals surface area contributed by atoms with E-state index in [0.29, 0.717) is 31.0 Å². The highest BCUT2D eigenvalue weighted by molar-refractivity contribution is 5.89. The smallest absolute Gasteiger partial charge is 0.335 e. The van der Waals surface area contributed by atoms with Crippen LogP contribution >= 0.6 is 0 Å². The average Bonchev–Trinajstić information content (AvgIpc) is 3.28. The van der Waals surface area contributed by atoms with Crippen LogP contribution in [0.1, 0.15) is 42.1 Å². The van der Waals surface area contributed by atoms with E-state index in [2.05, 4.69) is 17.2 Å². The molecule has 2 aromatic rings. The molecule has 1 aliphatic rings. The molecule has 0 bridgehead atoms. The van der Waals surface area contributed by atoms with E-state index in [0.717, 1.165) is 18.4 Å². The molecule has 2 aromatic carbocycles. The highest BCUT2D eigenvalue weighted by Gasteiger charge is 2.29. The van der Waals surface area contributed by atoms with Crippen LogP contribution in [0.15, 0.2) is 61.2 Å². The van der Waals surface area contributed by atoms with Crippen molar-refractivity contribution in [1.29, 1.82) is 0 Å². The molecular weight excluding hydrogens is 434 g/mol. The van der Waals surface area contributed by atoms with E-state index in [4.69, 9.17) is 9.84 Å². The minimum absolute atomic E-state index is 0.00381. The molecule has 3 amide bonds. The SMILES string of the molecule is C=CCC(C)NC(=O)Nc1ccc(CC(=O)N2CCC[C@H]2COc2ccc(C(=O)O)cc2)cc1. The third-order valence-electron chi connectivity index (χ3n) is 5.71. The molecule has 1 aliphatic heterocycles. The molecule has 0 spiro atoms. The number of aromatic carboxylic acids is 1. The Morgan fingerprint density at radius 1 is 1.18 bits per heavy atom. The number of anilines is 1. The molecule has 34 heavy (non-hydrogen) atoms. The maximum atomic E-state index is 12.9. The van der Waals surface area contributed by atoms with E-state index in [-0.39, 0.29) is 36.0 Å². The van der Waals surface area contributed by atoms with Gasteiger partial charge in [-0.05, 0) is 68.1 Å². The van der Waals surface area contributed by atoms with Gasteiger partial charge in [0.1, 0.15) is 12.4 Å². The number of hydrogen-bond acceptors (Lipinski definition) is 4. The summed E-state index contributed by atoms with van der Waals surface area (Å²) in [6, 6.07) is 13.2. The van der Waals surface area contributed by atoms with Gasteiger partial charge in [-0.2, -0.15) is 0 Å².